The summed E-state index contributed by atoms with van der Waals surface area (Å²) in [4.78, 5) is 8.47. The molecule has 0 bridgehead atoms. The van der Waals surface area contributed by atoms with E-state index in [2.05, 4.69) is 172 Å². The van der Waals surface area contributed by atoms with Gasteiger partial charge in [-0.2, -0.15) is 0 Å². The van der Waals surface area contributed by atoms with Gasteiger partial charge in [-0.25, -0.2) is 9.97 Å². The van der Waals surface area contributed by atoms with Crippen LogP contribution in [0.2, 0.25) is 0 Å². The van der Waals surface area contributed by atoms with Crippen molar-refractivity contribution in [3.8, 4) is 50.3 Å². The molecule has 0 amide bonds. The van der Waals surface area contributed by atoms with Gasteiger partial charge in [0.1, 0.15) is 6.33 Å². The topological polar surface area (TPSA) is 30.7 Å². The highest BCUT2D eigenvalue weighted by atomic mass is 15.0. The molecule has 0 saturated carbocycles. The van der Waals surface area contributed by atoms with Crippen molar-refractivity contribution in [3.05, 3.63) is 176 Å². The molecule has 0 spiro atoms. The molecule has 0 N–H and O–H groups in total. The van der Waals surface area contributed by atoms with Crippen molar-refractivity contribution < 1.29 is 0 Å². The van der Waals surface area contributed by atoms with Crippen LogP contribution in [0.25, 0.3) is 82.9 Å². The summed E-state index contributed by atoms with van der Waals surface area (Å²) in [5.41, 5.74) is 12.8. The van der Waals surface area contributed by atoms with Crippen molar-refractivity contribution in [1.82, 2.24) is 14.5 Å². The maximum Gasteiger partial charge on any atom is 0.116 e. The predicted octanol–water partition coefficient (Wildman–Crippen LogP) is 11.4. The van der Waals surface area contributed by atoms with Crippen LogP contribution in [-0.4, -0.2) is 14.5 Å². The third-order valence-corrected chi connectivity index (χ3v) is 9.19. The maximum atomic E-state index is 4.41. The van der Waals surface area contributed by atoms with E-state index in [0.717, 1.165) is 11.3 Å². The molecule has 9 aromatic rings. The average molecular weight is 600 g/mol. The summed E-state index contributed by atoms with van der Waals surface area (Å²) < 4.78 is 2.36. The molecule has 9 rings (SSSR count). The van der Waals surface area contributed by atoms with E-state index in [0.29, 0.717) is 0 Å². The van der Waals surface area contributed by atoms with E-state index in [1.165, 1.54) is 71.6 Å². The van der Waals surface area contributed by atoms with Crippen molar-refractivity contribution >= 4 is 32.6 Å². The smallest absolute Gasteiger partial charge is 0.116 e. The Morgan fingerprint density at radius 1 is 0.426 bits per heavy atom. The quantitative estimate of drug-likeness (QED) is 0.197. The fourth-order valence-corrected chi connectivity index (χ4v) is 6.95. The molecule has 3 nitrogen and oxygen atoms in total. The van der Waals surface area contributed by atoms with Gasteiger partial charge in [0.05, 0.1) is 16.7 Å². The van der Waals surface area contributed by atoms with Crippen LogP contribution in [-0.2, 0) is 0 Å². The fraction of sp³-hybridized carbons (Fsp3) is 0. The molecular formula is C44H29N3. The summed E-state index contributed by atoms with van der Waals surface area (Å²) in [6, 6.07) is 58.9. The van der Waals surface area contributed by atoms with Gasteiger partial charge in [0, 0.05) is 28.2 Å². The van der Waals surface area contributed by atoms with Crippen molar-refractivity contribution in [2.24, 2.45) is 0 Å². The maximum absolute atomic E-state index is 4.41. The predicted molar refractivity (Wildman–Crippen MR) is 196 cm³/mol. The standard InChI is InChI=1S/C44H29N3/c1-2-10-36(11-3-1)47-42-15-5-4-12-39(42)40-28-35(24-25-43(40)47)30-16-18-31(19-17-30)37-13-6-8-34-9-7-14-38(44(34)37)32-20-22-33(23-21-32)41-26-27-45-29-46-41/h1-29H. The van der Waals surface area contributed by atoms with Gasteiger partial charge in [-0.3, -0.25) is 0 Å². The first-order valence-corrected chi connectivity index (χ1v) is 15.9. The molecule has 3 heteroatoms. The molecule has 0 atom stereocenters. The van der Waals surface area contributed by atoms with Crippen molar-refractivity contribution in [1.29, 1.82) is 0 Å². The van der Waals surface area contributed by atoms with Crippen molar-refractivity contribution in [2.75, 3.05) is 0 Å². The summed E-state index contributed by atoms with van der Waals surface area (Å²) in [6.45, 7) is 0. The molecule has 7 aromatic carbocycles. The minimum atomic E-state index is 0.923. The van der Waals surface area contributed by atoms with E-state index in [4.69, 9.17) is 0 Å². The Labute approximate surface area is 273 Å². The molecule has 47 heavy (non-hydrogen) atoms. The minimum absolute atomic E-state index is 0.923. The van der Waals surface area contributed by atoms with Crippen molar-refractivity contribution in [3.63, 3.8) is 0 Å². The zero-order valence-corrected chi connectivity index (χ0v) is 25.6. The van der Waals surface area contributed by atoms with Crippen LogP contribution in [0, 0.1) is 0 Å². The van der Waals surface area contributed by atoms with Gasteiger partial charge in [-0.1, -0.05) is 127 Å². The van der Waals surface area contributed by atoms with Crippen LogP contribution in [0.5, 0.6) is 0 Å². The third-order valence-electron chi connectivity index (χ3n) is 9.19. The van der Waals surface area contributed by atoms with Crippen molar-refractivity contribution in [2.45, 2.75) is 0 Å². The minimum Gasteiger partial charge on any atom is -0.309 e. The highest BCUT2D eigenvalue weighted by molar-refractivity contribution is 6.11. The summed E-state index contributed by atoms with van der Waals surface area (Å²) in [7, 11) is 0. The molecule has 0 radical (unpaired) electrons. The van der Waals surface area contributed by atoms with Gasteiger partial charge in [0.2, 0.25) is 0 Å². The average Bonchev–Trinajstić information content (AvgIpc) is 3.49. The Balaban J connectivity index is 1.11. The summed E-state index contributed by atoms with van der Waals surface area (Å²) in [5.74, 6) is 0. The van der Waals surface area contributed by atoms with Crippen LogP contribution in [0.3, 0.4) is 0 Å². The Bertz CT molecular complexity index is 2530. The highest BCUT2D eigenvalue weighted by Gasteiger charge is 2.14. The molecule has 0 aliphatic carbocycles. The molecule has 2 aromatic heterocycles. The van der Waals surface area contributed by atoms with Gasteiger partial charge in [-0.15, -0.1) is 0 Å². The first kappa shape index (κ1) is 27.0. The lowest BCUT2D eigenvalue weighted by Crippen LogP contribution is -1.92. The van der Waals surface area contributed by atoms with Crippen LogP contribution < -0.4 is 0 Å². The molecule has 0 aliphatic heterocycles. The van der Waals surface area contributed by atoms with E-state index in [-0.39, 0.29) is 0 Å². The Kier molecular flexibility index (Phi) is 6.46. The second kappa shape index (κ2) is 11.2. The van der Waals surface area contributed by atoms with Crippen LogP contribution >= 0.6 is 0 Å². The second-order valence-corrected chi connectivity index (χ2v) is 11.9. The molecule has 2 heterocycles. The molecule has 0 aliphatic rings. The number of rotatable bonds is 5. The molecule has 0 unspecified atom stereocenters. The number of para-hydroxylation sites is 2. The third kappa shape index (κ3) is 4.68. The number of fused-ring (bicyclic) bond motifs is 4. The van der Waals surface area contributed by atoms with Gasteiger partial charge < -0.3 is 4.57 Å². The lowest BCUT2D eigenvalue weighted by atomic mass is 9.90. The van der Waals surface area contributed by atoms with Crippen LogP contribution in [0.1, 0.15) is 0 Å². The van der Waals surface area contributed by atoms with E-state index >= 15 is 0 Å². The SMILES string of the molecule is c1ccc(-n2c3ccccc3c3cc(-c4ccc(-c5cccc6cccc(-c7ccc(-c8ccncn8)cc7)c56)cc4)ccc32)cc1. The largest absolute Gasteiger partial charge is 0.309 e. The van der Waals surface area contributed by atoms with Gasteiger partial charge in [0.25, 0.3) is 0 Å². The zero-order chi connectivity index (χ0) is 31.2. The van der Waals surface area contributed by atoms with Gasteiger partial charge in [0.15, 0.2) is 0 Å². The van der Waals surface area contributed by atoms with Gasteiger partial charge in [-0.05, 0) is 80.6 Å². The summed E-state index contributed by atoms with van der Waals surface area (Å²) in [5, 5.41) is 5.01. The monoisotopic (exact) mass is 599 g/mol. The Hall–Kier alpha value is -6.32. The van der Waals surface area contributed by atoms with E-state index in [1.54, 1.807) is 12.5 Å². The normalized spacial score (nSPS) is 11.4. The van der Waals surface area contributed by atoms with Crippen LogP contribution in [0.4, 0.5) is 0 Å². The first-order chi connectivity index (χ1) is 23.3. The summed E-state index contributed by atoms with van der Waals surface area (Å²) >= 11 is 0. The zero-order valence-electron chi connectivity index (χ0n) is 25.6. The molecule has 0 fully saturated rings. The summed E-state index contributed by atoms with van der Waals surface area (Å²) in [6.07, 6.45) is 3.37. The highest BCUT2D eigenvalue weighted by Crippen LogP contribution is 2.39. The number of hydrogen-bond acceptors (Lipinski definition) is 2. The van der Waals surface area contributed by atoms with Gasteiger partial charge >= 0.3 is 0 Å². The first-order valence-electron chi connectivity index (χ1n) is 15.9. The van der Waals surface area contributed by atoms with E-state index < -0.39 is 0 Å². The molecule has 220 valence electrons. The number of hydrogen-bond donors (Lipinski definition) is 0. The van der Waals surface area contributed by atoms with E-state index in [1.807, 2.05) is 6.07 Å². The van der Waals surface area contributed by atoms with E-state index in [9.17, 15) is 0 Å². The van der Waals surface area contributed by atoms with Crippen LogP contribution in [0.15, 0.2) is 176 Å². The fourth-order valence-electron chi connectivity index (χ4n) is 6.95. The Morgan fingerprint density at radius 3 is 1.74 bits per heavy atom. The lowest BCUT2D eigenvalue weighted by molar-refractivity contribution is 1.17. The Morgan fingerprint density at radius 2 is 1.04 bits per heavy atom. The second-order valence-electron chi connectivity index (χ2n) is 11.9. The molecular weight excluding hydrogens is 571 g/mol. The molecule has 0 saturated heterocycles. The lowest BCUT2D eigenvalue weighted by Gasteiger charge is -2.14. The number of nitrogens with zero attached hydrogens (tertiary/aromatic N) is 3. The number of benzene rings is 7. The number of aromatic nitrogens is 3.